The van der Waals surface area contributed by atoms with Gasteiger partial charge in [0.1, 0.15) is 0 Å². The number of halogens is 1. The zero-order valence-corrected chi connectivity index (χ0v) is 12.1. The molecule has 1 atom stereocenters. The van der Waals surface area contributed by atoms with Crippen molar-refractivity contribution in [3.63, 3.8) is 0 Å². The van der Waals surface area contributed by atoms with E-state index in [2.05, 4.69) is 0 Å². The second kappa shape index (κ2) is 6.67. The van der Waals surface area contributed by atoms with Crippen LogP contribution in [-0.2, 0) is 0 Å². The molecule has 1 unspecified atom stereocenters. The maximum Gasteiger partial charge on any atom is 0.273 e. The lowest BCUT2D eigenvalue weighted by molar-refractivity contribution is -0.385. The van der Waals surface area contributed by atoms with Crippen LogP contribution in [0.25, 0.3) is 0 Å². The minimum absolute atomic E-state index is 0. The maximum absolute atomic E-state index is 12.3. The van der Waals surface area contributed by atoms with E-state index in [1.54, 1.807) is 24.0 Å². The van der Waals surface area contributed by atoms with Crippen LogP contribution in [-0.4, -0.2) is 34.9 Å². The molecular weight excluding hydrogens is 282 g/mol. The van der Waals surface area contributed by atoms with E-state index in [4.69, 9.17) is 5.73 Å². The number of nitrogens with zero attached hydrogens (tertiary/aromatic N) is 2. The van der Waals surface area contributed by atoms with Gasteiger partial charge in [-0.15, -0.1) is 12.4 Å². The summed E-state index contributed by atoms with van der Waals surface area (Å²) in [5.41, 5.74) is 6.73. The molecular formula is C13H18ClN3O3. The van der Waals surface area contributed by atoms with Crippen LogP contribution >= 0.6 is 12.4 Å². The summed E-state index contributed by atoms with van der Waals surface area (Å²) in [6, 6.07) is 4.58. The number of hydrogen-bond donors (Lipinski definition) is 1. The van der Waals surface area contributed by atoms with Crippen molar-refractivity contribution in [1.82, 2.24) is 4.90 Å². The number of nitro benzene ring substituents is 1. The predicted molar refractivity (Wildman–Crippen MR) is 78.2 cm³/mol. The normalized spacial score (nSPS) is 18.3. The largest absolute Gasteiger partial charge is 0.337 e. The summed E-state index contributed by atoms with van der Waals surface area (Å²) >= 11 is 0. The number of carbonyl (C=O) groups is 1. The van der Waals surface area contributed by atoms with E-state index in [-0.39, 0.29) is 30.0 Å². The minimum atomic E-state index is -0.464. The Hall–Kier alpha value is -1.66. The number of nitrogens with two attached hydrogens (primary N) is 1. The van der Waals surface area contributed by atoms with Crippen LogP contribution in [0.3, 0.4) is 0 Å². The molecule has 20 heavy (non-hydrogen) atoms. The van der Waals surface area contributed by atoms with Gasteiger partial charge in [-0.2, -0.15) is 0 Å². The lowest BCUT2D eigenvalue weighted by Crippen LogP contribution is -2.45. The number of amides is 1. The Morgan fingerprint density at radius 3 is 2.80 bits per heavy atom. The molecule has 2 rings (SSSR count). The highest BCUT2D eigenvalue weighted by atomic mass is 35.5. The Balaban J connectivity index is 0.00000200. The third kappa shape index (κ3) is 3.46. The summed E-state index contributed by atoms with van der Waals surface area (Å²) in [5, 5.41) is 10.9. The maximum atomic E-state index is 12.3. The fourth-order valence-corrected chi connectivity index (χ4v) is 2.32. The van der Waals surface area contributed by atoms with Gasteiger partial charge in [-0.25, -0.2) is 0 Å². The molecule has 0 spiro atoms. The van der Waals surface area contributed by atoms with Gasteiger partial charge in [0.2, 0.25) is 0 Å². The van der Waals surface area contributed by atoms with Gasteiger partial charge in [-0.05, 0) is 25.8 Å². The number of carbonyl (C=O) groups excluding carboxylic acids is 1. The van der Waals surface area contributed by atoms with Gasteiger partial charge in [0, 0.05) is 36.3 Å². The van der Waals surface area contributed by atoms with Gasteiger partial charge in [0.05, 0.1) is 4.92 Å². The van der Waals surface area contributed by atoms with Crippen molar-refractivity contribution in [1.29, 1.82) is 0 Å². The molecule has 1 saturated heterocycles. The summed E-state index contributed by atoms with van der Waals surface area (Å²) in [5.74, 6) is -0.182. The Kier molecular flexibility index (Phi) is 5.47. The molecule has 0 saturated carbocycles. The first-order chi connectivity index (χ1) is 8.99. The number of benzene rings is 1. The molecule has 1 aromatic rings. The average molecular weight is 300 g/mol. The highest BCUT2D eigenvalue weighted by molar-refractivity contribution is 5.95. The van der Waals surface area contributed by atoms with Crippen molar-refractivity contribution >= 4 is 24.0 Å². The molecule has 1 fully saturated rings. The average Bonchev–Trinajstić information content (AvgIpc) is 2.38. The molecule has 1 heterocycles. The van der Waals surface area contributed by atoms with Crippen LogP contribution in [0.1, 0.15) is 28.8 Å². The quantitative estimate of drug-likeness (QED) is 0.667. The van der Waals surface area contributed by atoms with Crippen LogP contribution in [0.15, 0.2) is 18.2 Å². The summed E-state index contributed by atoms with van der Waals surface area (Å²) in [6.07, 6.45) is 1.79. The molecule has 1 aromatic carbocycles. The smallest absolute Gasteiger partial charge is 0.273 e. The fraction of sp³-hybridized carbons (Fsp3) is 0.462. The van der Waals surface area contributed by atoms with E-state index in [1.807, 2.05) is 0 Å². The third-order valence-electron chi connectivity index (χ3n) is 3.40. The molecule has 0 aromatic heterocycles. The summed E-state index contributed by atoms with van der Waals surface area (Å²) in [6.45, 7) is 2.83. The lowest BCUT2D eigenvalue weighted by Gasteiger charge is -2.30. The molecule has 0 aliphatic carbocycles. The number of likely N-dealkylation sites (tertiary alicyclic amines) is 1. The standard InChI is InChI=1S/C13H17N3O3.ClH/c1-9-4-5-10(7-12(9)16(18)19)13(17)15-6-2-3-11(14)8-15;/h4-5,7,11H,2-3,6,8,14H2,1H3;1H. The van der Waals surface area contributed by atoms with Gasteiger partial charge in [0.25, 0.3) is 11.6 Å². The first-order valence-corrected chi connectivity index (χ1v) is 6.29. The van der Waals surface area contributed by atoms with Crippen molar-refractivity contribution in [2.75, 3.05) is 13.1 Å². The monoisotopic (exact) mass is 299 g/mol. The van der Waals surface area contributed by atoms with Crippen molar-refractivity contribution in [2.45, 2.75) is 25.8 Å². The minimum Gasteiger partial charge on any atom is -0.337 e. The predicted octanol–water partition coefficient (Wildman–Crippen LogP) is 1.89. The van der Waals surface area contributed by atoms with Crippen LogP contribution < -0.4 is 5.73 Å². The number of piperidine rings is 1. The van der Waals surface area contributed by atoms with Crippen molar-refractivity contribution in [3.8, 4) is 0 Å². The van der Waals surface area contributed by atoms with E-state index in [9.17, 15) is 14.9 Å². The molecule has 1 aliphatic heterocycles. The molecule has 1 amide bonds. The molecule has 110 valence electrons. The van der Waals surface area contributed by atoms with Crippen LogP contribution in [0, 0.1) is 17.0 Å². The molecule has 0 radical (unpaired) electrons. The first-order valence-electron chi connectivity index (χ1n) is 6.29. The molecule has 0 bridgehead atoms. The fourth-order valence-electron chi connectivity index (χ4n) is 2.32. The van der Waals surface area contributed by atoms with Gasteiger partial charge in [-0.1, -0.05) is 6.07 Å². The highest BCUT2D eigenvalue weighted by Crippen LogP contribution is 2.21. The number of nitro groups is 1. The van der Waals surface area contributed by atoms with E-state index in [0.717, 1.165) is 12.8 Å². The Labute approximate surface area is 123 Å². The van der Waals surface area contributed by atoms with Crippen molar-refractivity contribution in [2.24, 2.45) is 5.73 Å². The van der Waals surface area contributed by atoms with Gasteiger partial charge in [-0.3, -0.25) is 14.9 Å². The van der Waals surface area contributed by atoms with Gasteiger partial charge >= 0.3 is 0 Å². The lowest BCUT2D eigenvalue weighted by atomic mass is 10.0. The Morgan fingerprint density at radius 1 is 1.50 bits per heavy atom. The van der Waals surface area contributed by atoms with Crippen LogP contribution in [0.2, 0.25) is 0 Å². The van der Waals surface area contributed by atoms with Gasteiger partial charge in [0.15, 0.2) is 0 Å². The summed E-state index contributed by atoms with van der Waals surface area (Å²) in [7, 11) is 0. The number of hydrogen-bond acceptors (Lipinski definition) is 4. The van der Waals surface area contributed by atoms with E-state index >= 15 is 0 Å². The zero-order chi connectivity index (χ0) is 14.0. The highest BCUT2D eigenvalue weighted by Gasteiger charge is 2.24. The first kappa shape index (κ1) is 16.4. The second-order valence-electron chi connectivity index (χ2n) is 4.91. The van der Waals surface area contributed by atoms with Crippen molar-refractivity contribution < 1.29 is 9.72 Å². The zero-order valence-electron chi connectivity index (χ0n) is 11.2. The Morgan fingerprint density at radius 2 is 2.20 bits per heavy atom. The summed E-state index contributed by atoms with van der Waals surface area (Å²) in [4.78, 5) is 24.4. The molecule has 6 nitrogen and oxygen atoms in total. The molecule has 1 aliphatic rings. The number of rotatable bonds is 2. The van der Waals surface area contributed by atoms with Crippen molar-refractivity contribution in [3.05, 3.63) is 39.4 Å². The topological polar surface area (TPSA) is 89.5 Å². The SMILES string of the molecule is Cc1ccc(C(=O)N2CCCC(N)C2)cc1[N+](=O)[O-].Cl. The number of aryl methyl sites for hydroxylation is 1. The molecule has 2 N–H and O–H groups in total. The van der Waals surface area contributed by atoms with E-state index < -0.39 is 4.92 Å². The van der Waals surface area contributed by atoms with Crippen LogP contribution in [0.4, 0.5) is 5.69 Å². The van der Waals surface area contributed by atoms with E-state index in [0.29, 0.717) is 24.2 Å². The summed E-state index contributed by atoms with van der Waals surface area (Å²) < 4.78 is 0. The third-order valence-corrected chi connectivity index (χ3v) is 3.40. The Bertz CT molecular complexity index is 522. The van der Waals surface area contributed by atoms with Crippen LogP contribution in [0.5, 0.6) is 0 Å². The van der Waals surface area contributed by atoms with Gasteiger partial charge < -0.3 is 10.6 Å². The molecule has 7 heteroatoms. The van der Waals surface area contributed by atoms with E-state index in [1.165, 1.54) is 6.07 Å². The second-order valence-corrected chi connectivity index (χ2v) is 4.91.